The van der Waals surface area contributed by atoms with Crippen molar-refractivity contribution in [2.24, 2.45) is 0 Å². The van der Waals surface area contributed by atoms with Crippen molar-refractivity contribution in [2.75, 3.05) is 6.54 Å². The highest BCUT2D eigenvalue weighted by Crippen LogP contribution is 2.12. The molecule has 0 spiro atoms. The third-order valence-corrected chi connectivity index (χ3v) is 3.56. The summed E-state index contributed by atoms with van der Waals surface area (Å²) in [5.74, 6) is 0. The van der Waals surface area contributed by atoms with Crippen molar-refractivity contribution in [3.05, 3.63) is 0 Å². The predicted molar refractivity (Wildman–Crippen MR) is 79.6 cm³/mol. The summed E-state index contributed by atoms with van der Waals surface area (Å²) in [6, 6.07) is 0.788. The second-order valence-corrected chi connectivity index (χ2v) is 5.31. The fourth-order valence-corrected chi connectivity index (χ4v) is 2.44. The Bertz CT molecular complexity index is 133. The van der Waals surface area contributed by atoms with Crippen LogP contribution in [0.5, 0.6) is 0 Å². The Hall–Kier alpha value is -0.0400. The molecule has 0 saturated carbocycles. The van der Waals surface area contributed by atoms with Gasteiger partial charge >= 0.3 is 0 Å². The van der Waals surface area contributed by atoms with Crippen molar-refractivity contribution in [3.63, 3.8) is 0 Å². The number of rotatable bonds is 13. The van der Waals surface area contributed by atoms with Crippen molar-refractivity contribution in [1.29, 1.82) is 0 Å². The average Bonchev–Trinajstić information content (AvgIpc) is 2.34. The lowest BCUT2D eigenvalue weighted by atomic mass is 10.0. The molecule has 1 atom stereocenters. The van der Waals surface area contributed by atoms with Crippen molar-refractivity contribution < 1.29 is 0 Å². The second-order valence-electron chi connectivity index (χ2n) is 5.31. The van der Waals surface area contributed by atoms with Crippen molar-refractivity contribution >= 4 is 0 Å². The van der Waals surface area contributed by atoms with Gasteiger partial charge in [0.2, 0.25) is 0 Å². The molecular weight excluding hydrogens is 206 g/mol. The molecule has 17 heavy (non-hydrogen) atoms. The SMILES string of the molecule is CCCCCCCCCC(CCCC)NCC. The van der Waals surface area contributed by atoms with Crippen LogP contribution in [0.25, 0.3) is 0 Å². The highest BCUT2D eigenvalue weighted by Gasteiger charge is 2.05. The van der Waals surface area contributed by atoms with Crippen LogP contribution in [0.1, 0.15) is 91.4 Å². The topological polar surface area (TPSA) is 12.0 Å². The van der Waals surface area contributed by atoms with Gasteiger partial charge in [-0.1, -0.05) is 78.6 Å². The van der Waals surface area contributed by atoms with Gasteiger partial charge in [0.25, 0.3) is 0 Å². The van der Waals surface area contributed by atoms with E-state index in [1.165, 1.54) is 70.6 Å². The van der Waals surface area contributed by atoms with Gasteiger partial charge in [-0.05, 0) is 19.4 Å². The lowest BCUT2D eigenvalue weighted by molar-refractivity contribution is 0.427. The molecule has 0 saturated heterocycles. The first-order chi connectivity index (χ1) is 8.35. The summed E-state index contributed by atoms with van der Waals surface area (Å²) >= 11 is 0. The molecule has 0 aliphatic carbocycles. The summed E-state index contributed by atoms with van der Waals surface area (Å²) < 4.78 is 0. The van der Waals surface area contributed by atoms with E-state index in [0.717, 1.165) is 12.6 Å². The molecule has 0 aliphatic rings. The second kappa shape index (κ2) is 14.0. The molecule has 1 N–H and O–H groups in total. The van der Waals surface area contributed by atoms with E-state index < -0.39 is 0 Å². The van der Waals surface area contributed by atoms with E-state index in [1.54, 1.807) is 0 Å². The van der Waals surface area contributed by atoms with E-state index in [2.05, 4.69) is 26.1 Å². The van der Waals surface area contributed by atoms with Gasteiger partial charge in [-0.3, -0.25) is 0 Å². The van der Waals surface area contributed by atoms with Crippen LogP contribution in [0.2, 0.25) is 0 Å². The van der Waals surface area contributed by atoms with E-state index in [-0.39, 0.29) is 0 Å². The molecule has 0 rings (SSSR count). The van der Waals surface area contributed by atoms with Gasteiger partial charge in [-0.25, -0.2) is 0 Å². The minimum absolute atomic E-state index is 0.788. The summed E-state index contributed by atoms with van der Waals surface area (Å²) in [6.07, 6.45) is 15.5. The van der Waals surface area contributed by atoms with Crippen LogP contribution in [0.15, 0.2) is 0 Å². The Morgan fingerprint density at radius 3 is 1.76 bits per heavy atom. The molecule has 0 bridgehead atoms. The Balaban J connectivity index is 3.34. The van der Waals surface area contributed by atoms with Crippen LogP contribution in [0.3, 0.4) is 0 Å². The Morgan fingerprint density at radius 2 is 1.18 bits per heavy atom. The van der Waals surface area contributed by atoms with Crippen molar-refractivity contribution in [1.82, 2.24) is 5.32 Å². The molecule has 0 aromatic carbocycles. The Morgan fingerprint density at radius 1 is 0.647 bits per heavy atom. The first-order valence-electron chi connectivity index (χ1n) is 8.08. The van der Waals surface area contributed by atoms with Gasteiger partial charge in [-0.15, -0.1) is 0 Å². The van der Waals surface area contributed by atoms with Crippen LogP contribution >= 0.6 is 0 Å². The molecule has 0 aromatic rings. The molecule has 1 heteroatoms. The van der Waals surface area contributed by atoms with Gasteiger partial charge in [0.1, 0.15) is 0 Å². The highest BCUT2D eigenvalue weighted by molar-refractivity contribution is 4.65. The number of hydrogen-bond acceptors (Lipinski definition) is 1. The third kappa shape index (κ3) is 12.2. The fourth-order valence-electron chi connectivity index (χ4n) is 2.44. The van der Waals surface area contributed by atoms with E-state index >= 15 is 0 Å². The summed E-state index contributed by atoms with van der Waals surface area (Å²) in [5.41, 5.74) is 0. The number of nitrogens with one attached hydrogen (secondary N) is 1. The van der Waals surface area contributed by atoms with E-state index in [0.29, 0.717) is 0 Å². The standard InChI is InChI=1S/C16H35N/c1-4-7-9-10-11-12-13-15-16(17-6-3)14-8-5-2/h16-17H,4-15H2,1-3H3. The smallest absolute Gasteiger partial charge is 0.00669 e. The zero-order valence-corrected chi connectivity index (χ0v) is 12.6. The molecule has 1 nitrogen and oxygen atoms in total. The first-order valence-corrected chi connectivity index (χ1v) is 8.08. The number of hydrogen-bond donors (Lipinski definition) is 1. The monoisotopic (exact) mass is 241 g/mol. The van der Waals surface area contributed by atoms with Crippen LogP contribution in [-0.4, -0.2) is 12.6 Å². The molecule has 0 radical (unpaired) electrons. The highest BCUT2D eigenvalue weighted by atomic mass is 14.9. The van der Waals surface area contributed by atoms with Crippen LogP contribution in [0.4, 0.5) is 0 Å². The maximum absolute atomic E-state index is 3.63. The molecule has 0 fully saturated rings. The van der Waals surface area contributed by atoms with Gasteiger partial charge in [0, 0.05) is 6.04 Å². The van der Waals surface area contributed by atoms with Gasteiger partial charge < -0.3 is 5.32 Å². The first kappa shape index (κ1) is 17.0. The predicted octanol–water partition coefficient (Wildman–Crippen LogP) is 5.30. The number of unbranched alkanes of at least 4 members (excludes halogenated alkanes) is 7. The minimum Gasteiger partial charge on any atom is -0.314 e. The van der Waals surface area contributed by atoms with Gasteiger partial charge in [0.05, 0.1) is 0 Å². The molecule has 0 amide bonds. The average molecular weight is 241 g/mol. The quantitative estimate of drug-likeness (QED) is 0.432. The Labute approximate surface area is 110 Å². The van der Waals surface area contributed by atoms with Crippen LogP contribution in [0, 0.1) is 0 Å². The molecule has 104 valence electrons. The maximum Gasteiger partial charge on any atom is 0.00669 e. The van der Waals surface area contributed by atoms with Crippen molar-refractivity contribution in [3.8, 4) is 0 Å². The van der Waals surface area contributed by atoms with Gasteiger partial charge in [-0.2, -0.15) is 0 Å². The fraction of sp³-hybridized carbons (Fsp3) is 1.00. The summed E-state index contributed by atoms with van der Waals surface area (Å²) in [5, 5.41) is 3.63. The normalized spacial score (nSPS) is 12.9. The zero-order chi connectivity index (χ0) is 12.8. The summed E-state index contributed by atoms with van der Waals surface area (Å²) in [4.78, 5) is 0. The molecule has 0 aromatic heterocycles. The van der Waals surface area contributed by atoms with Crippen LogP contribution in [-0.2, 0) is 0 Å². The maximum atomic E-state index is 3.63. The lowest BCUT2D eigenvalue weighted by Gasteiger charge is -2.17. The molecule has 0 aliphatic heterocycles. The Kier molecular flexibility index (Phi) is 14.0. The van der Waals surface area contributed by atoms with Crippen molar-refractivity contribution in [2.45, 2.75) is 97.4 Å². The summed E-state index contributed by atoms with van der Waals surface area (Å²) in [6.45, 7) is 7.93. The third-order valence-electron chi connectivity index (χ3n) is 3.56. The molecule has 1 unspecified atom stereocenters. The van der Waals surface area contributed by atoms with Crippen LogP contribution < -0.4 is 5.32 Å². The molecular formula is C16H35N. The van der Waals surface area contributed by atoms with E-state index in [9.17, 15) is 0 Å². The minimum atomic E-state index is 0.788. The zero-order valence-electron chi connectivity index (χ0n) is 12.6. The molecule has 0 heterocycles. The van der Waals surface area contributed by atoms with E-state index in [4.69, 9.17) is 0 Å². The lowest BCUT2D eigenvalue weighted by Crippen LogP contribution is -2.28. The van der Waals surface area contributed by atoms with Gasteiger partial charge in [0.15, 0.2) is 0 Å². The summed E-state index contributed by atoms with van der Waals surface area (Å²) in [7, 11) is 0. The van der Waals surface area contributed by atoms with E-state index in [1.807, 2.05) is 0 Å². The largest absolute Gasteiger partial charge is 0.314 e.